The monoisotopic (exact) mass is 207 g/mol. The molecule has 0 bridgehead atoms. The second kappa shape index (κ2) is 4.41. The molecular formula is C8H8F3NS. The second-order valence-corrected chi connectivity index (χ2v) is 3.52. The van der Waals surface area contributed by atoms with Crippen LogP contribution in [0.5, 0.6) is 0 Å². The molecule has 2 N–H and O–H groups in total. The average molecular weight is 207 g/mol. The van der Waals surface area contributed by atoms with Crippen LogP contribution in [0.4, 0.5) is 18.9 Å². The van der Waals surface area contributed by atoms with E-state index < -0.39 is 12.2 Å². The molecule has 72 valence electrons. The summed E-state index contributed by atoms with van der Waals surface area (Å²) in [7, 11) is 0. The highest BCUT2D eigenvalue weighted by molar-refractivity contribution is 7.99. The van der Waals surface area contributed by atoms with E-state index in [2.05, 4.69) is 0 Å². The second-order valence-electron chi connectivity index (χ2n) is 2.42. The van der Waals surface area contributed by atoms with E-state index in [1.54, 1.807) is 0 Å². The lowest BCUT2D eigenvalue weighted by molar-refractivity contribution is 0.177. The van der Waals surface area contributed by atoms with E-state index in [1.807, 2.05) is 0 Å². The number of benzene rings is 1. The highest BCUT2D eigenvalue weighted by atomic mass is 32.2. The SMILES string of the molecule is Nc1cc(F)cc(SCC(F)F)c1. The van der Waals surface area contributed by atoms with Crippen LogP contribution in [0.1, 0.15) is 0 Å². The van der Waals surface area contributed by atoms with Crippen LogP contribution < -0.4 is 5.73 Å². The summed E-state index contributed by atoms with van der Waals surface area (Å²) in [4.78, 5) is 0.429. The average Bonchev–Trinajstić information content (AvgIpc) is 1.99. The fourth-order valence-corrected chi connectivity index (χ4v) is 1.56. The molecule has 0 aromatic heterocycles. The molecular weight excluding hydrogens is 199 g/mol. The highest BCUT2D eigenvalue weighted by Crippen LogP contribution is 2.23. The Labute approximate surface area is 78.1 Å². The van der Waals surface area contributed by atoms with Gasteiger partial charge >= 0.3 is 0 Å². The fraction of sp³-hybridized carbons (Fsp3) is 0.250. The van der Waals surface area contributed by atoms with Gasteiger partial charge in [-0.2, -0.15) is 0 Å². The van der Waals surface area contributed by atoms with Crippen molar-refractivity contribution in [1.82, 2.24) is 0 Å². The number of anilines is 1. The van der Waals surface area contributed by atoms with Crippen molar-refractivity contribution in [3.8, 4) is 0 Å². The lowest BCUT2D eigenvalue weighted by Gasteiger charge is -2.02. The Bertz CT molecular complexity index is 270. The molecule has 0 saturated heterocycles. The first-order chi connectivity index (χ1) is 6.08. The molecule has 0 fully saturated rings. The van der Waals surface area contributed by atoms with Crippen molar-refractivity contribution in [3.63, 3.8) is 0 Å². The van der Waals surface area contributed by atoms with E-state index in [0.29, 0.717) is 4.90 Å². The van der Waals surface area contributed by atoms with Crippen molar-refractivity contribution < 1.29 is 13.2 Å². The molecule has 1 rings (SSSR count). The van der Waals surface area contributed by atoms with Crippen LogP contribution in [-0.4, -0.2) is 12.2 Å². The third-order valence-corrected chi connectivity index (χ3v) is 2.26. The smallest absolute Gasteiger partial charge is 0.247 e. The van der Waals surface area contributed by atoms with Gasteiger partial charge in [0.05, 0.1) is 5.75 Å². The number of thioether (sulfide) groups is 1. The first kappa shape index (κ1) is 10.2. The predicted molar refractivity (Wildman–Crippen MR) is 47.5 cm³/mol. The summed E-state index contributed by atoms with van der Waals surface area (Å²) in [5, 5.41) is 0. The fourth-order valence-electron chi connectivity index (χ4n) is 0.827. The Kier molecular flexibility index (Phi) is 3.48. The molecule has 0 atom stereocenters. The van der Waals surface area contributed by atoms with Gasteiger partial charge in [-0.3, -0.25) is 0 Å². The van der Waals surface area contributed by atoms with Crippen LogP contribution in [0.15, 0.2) is 23.1 Å². The van der Waals surface area contributed by atoms with Gasteiger partial charge in [0.2, 0.25) is 6.43 Å². The van der Waals surface area contributed by atoms with Gasteiger partial charge in [0, 0.05) is 10.6 Å². The summed E-state index contributed by atoms with van der Waals surface area (Å²) in [6.07, 6.45) is -2.39. The Morgan fingerprint density at radius 3 is 2.54 bits per heavy atom. The van der Waals surface area contributed by atoms with Crippen LogP contribution in [0.2, 0.25) is 0 Å². The van der Waals surface area contributed by atoms with Gasteiger partial charge in [0.1, 0.15) is 5.82 Å². The Morgan fingerprint density at radius 2 is 2.00 bits per heavy atom. The summed E-state index contributed by atoms with van der Waals surface area (Å²) < 4.78 is 36.2. The van der Waals surface area contributed by atoms with E-state index >= 15 is 0 Å². The number of nitrogen functional groups attached to an aromatic ring is 1. The van der Waals surface area contributed by atoms with Gasteiger partial charge in [-0.05, 0) is 18.2 Å². The van der Waals surface area contributed by atoms with Gasteiger partial charge < -0.3 is 5.73 Å². The van der Waals surface area contributed by atoms with E-state index in [9.17, 15) is 13.2 Å². The van der Waals surface area contributed by atoms with Crippen molar-refractivity contribution >= 4 is 17.4 Å². The summed E-state index contributed by atoms with van der Waals surface area (Å²) in [5.74, 6) is -0.847. The van der Waals surface area contributed by atoms with Crippen molar-refractivity contribution in [3.05, 3.63) is 24.0 Å². The summed E-state index contributed by atoms with van der Waals surface area (Å²) >= 11 is 0.887. The van der Waals surface area contributed by atoms with Gasteiger partial charge in [-0.25, -0.2) is 13.2 Å². The first-order valence-electron chi connectivity index (χ1n) is 3.55. The molecule has 0 aliphatic rings. The maximum Gasteiger partial charge on any atom is 0.247 e. The minimum atomic E-state index is -2.39. The van der Waals surface area contributed by atoms with Gasteiger partial charge in [0.15, 0.2) is 0 Å². The lowest BCUT2D eigenvalue weighted by atomic mass is 10.3. The molecule has 0 aliphatic heterocycles. The first-order valence-corrected chi connectivity index (χ1v) is 4.53. The quantitative estimate of drug-likeness (QED) is 0.609. The molecule has 1 aromatic rings. The molecule has 0 radical (unpaired) electrons. The lowest BCUT2D eigenvalue weighted by Crippen LogP contribution is -1.94. The molecule has 1 nitrogen and oxygen atoms in total. The Balaban J connectivity index is 2.66. The van der Waals surface area contributed by atoms with E-state index in [0.717, 1.165) is 17.8 Å². The van der Waals surface area contributed by atoms with Crippen LogP contribution in [0, 0.1) is 5.82 Å². The zero-order chi connectivity index (χ0) is 9.84. The third-order valence-electron chi connectivity index (χ3n) is 1.27. The van der Waals surface area contributed by atoms with Crippen molar-refractivity contribution in [2.24, 2.45) is 0 Å². The van der Waals surface area contributed by atoms with Crippen LogP contribution in [-0.2, 0) is 0 Å². The van der Waals surface area contributed by atoms with Crippen LogP contribution in [0.25, 0.3) is 0 Å². The largest absolute Gasteiger partial charge is 0.399 e. The molecule has 0 unspecified atom stereocenters. The van der Waals surface area contributed by atoms with E-state index in [4.69, 9.17) is 5.73 Å². The van der Waals surface area contributed by atoms with E-state index in [-0.39, 0.29) is 11.4 Å². The minimum Gasteiger partial charge on any atom is -0.399 e. The third kappa shape index (κ3) is 3.59. The maximum absolute atomic E-state index is 12.7. The zero-order valence-electron chi connectivity index (χ0n) is 6.64. The number of halogens is 3. The maximum atomic E-state index is 12.7. The standard InChI is InChI=1S/C8H8F3NS/c9-5-1-6(12)3-7(2-5)13-4-8(10)11/h1-3,8H,4,12H2. The van der Waals surface area contributed by atoms with Crippen molar-refractivity contribution in [2.45, 2.75) is 11.3 Å². The summed E-state index contributed by atoms with van der Waals surface area (Å²) in [5.41, 5.74) is 5.57. The van der Waals surface area contributed by atoms with E-state index in [1.165, 1.54) is 12.1 Å². The molecule has 0 heterocycles. The van der Waals surface area contributed by atoms with Crippen molar-refractivity contribution in [1.29, 1.82) is 0 Å². The van der Waals surface area contributed by atoms with Crippen LogP contribution in [0.3, 0.4) is 0 Å². The number of alkyl halides is 2. The van der Waals surface area contributed by atoms with Gasteiger partial charge in [-0.1, -0.05) is 0 Å². The summed E-state index contributed by atoms with van der Waals surface area (Å²) in [6, 6.07) is 3.80. The molecule has 13 heavy (non-hydrogen) atoms. The van der Waals surface area contributed by atoms with Gasteiger partial charge in [-0.15, -0.1) is 11.8 Å². The highest BCUT2D eigenvalue weighted by Gasteiger charge is 2.05. The number of hydrogen-bond donors (Lipinski definition) is 1. The minimum absolute atomic E-state index is 0.247. The number of hydrogen-bond acceptors (Lipinski definition) is 2. The topological polar surface area (TPSA) is 26.0 Å². The zero-order valence-corrected chi connectivity index (χ0v) is 7.45. The normalized spacial score (nSPS) is 10.8. The number of rotatable bonds is 3. The molecule has 0 saturated carbocycles. The molecule has 0 aliphatic carbocycles. The summed E-state index contributed by atoms with van der Waals surface area (Å²) in [6.45, 7) is 0. The Morgan fingerprint density at radius 1 is 1.31 bits per heavy atom. The van der Waals surface area contributed by atoms with Crippen molar-refractivity contribution in [2.75, 3.05) is 11.5 Å². The molecule has 1 aromatic carbocycles. The molecule has 5 heteroatoms. The van der Waals surface area contributed by atoms with Crippen LogP contribution >= 0.6 is 11.8 Å². The predicted octanol–water partition coefficient (Wildman–Crippen LogP) is 2.77. The Hall–Kier alpha value is -0.840. The number of nitrogens with two attached hydrogens (primary N) is 1. The molecule has 0 spiro atoms. The van der Waals surface area contributed by atoms with Gasteiger partial charge in [0.25, 0.3) is 0 Å². The molecule has 0 amide bonds.